The van der Waals surface area contributed by atoms with E-state index in [-0.39, 0.29) is 12.4 Å². The van der Waals surface area contributed by atoms with Gasteiger partial charge >= 0.3 is 0 Å². The second-order valence-corrected chi connectivity index (χ2v) is 3.58. The minimum atomic E-state index is -0.465. The average Bonchev–Trinajstić information content (AvgIpc) is 2.26. The normalized spacial score (nSPS) is 12.5. The molecule has 0 saturated heterocycles. The van der Waals surface area contributed by atoms with Crippen molar-refractivity contribution in [3.05, 3.63) is 30.1 Å². The van der Waals surface area contributed by atoms with Crippen molar-refractivity contribution in [3.63, 3.8) is 0 Å². The van der Waals surface area contributed by atoms with E-state index < -0.39 is 6.10 Å². The summed E-state index contributed by atoms with van der Waals surface area (Å²) in [7, 11) is 1.90. The van der Waals surface area contributed by atoms with Gasteiger partial charge in [0.15, 0.2) is 0 Å². The van der Waals surface area contributed by atoms with Crippen LogP contribution in [0.2, 0.25) is 0 Å². The van der Waals surface area contributed by atoms with Gasteiger partial charge in [0.25, 0.3) is 0 Å². The molecular formula is C11H17FN2O. The Balaban J connectivity index is 2.46. The summed E-state index contributed by atoms with van der Waals surface area (Å²) in [6.07, 6.45) is 0.151. The van der Waals surface area contributed by atoms with Crippen molar-refractivity contribution in [2.75, 3.05) is 25.0 Å². The molecule has 1 unspecified atom stereocenters. The molecule has 0 heterocycles. The molecule has 1 aromatic rings. The maximum Gasteiger partial charge on any atom is 0.123 e. The Morgan fingerprint density at radius 3 is 2.53 bits per heavy atom. The van der Waals surface area contributed by atoms with Gasteiger partial charge in [-0.1, -0.05) is 0 Å². The molecule has 0 radical (unpaired) electrons. The lowest BCUT2D eigenvalue weighted by Gasteiger charge is -2.20. The molecule has 0 saturated carbocycles. The zero-order chi connectivity index (χ0) is 11.3. The Hall–Kier alpha value is -1.13. The third-order valence-electron chi connectivity index (χ3n) is 2.34. The molecule has 1 rings (SSSR count). The van der Waals surface area contributed by atoms with E-state index in [0.29, 0.717) is 13.0 Å². The second kappa shape index (κ2) is 5.68. The highest BCUT2D eigenvalue weighted by molar-refractivity contribution is 5.45. The minimum absolute atomic E-state index is 0.242. The second-order valence-electron chi connectivity index (χ2n) is 3.58. The third-order valence-corrected chi connectivity index (χ3v) is 2.34. The van der Waals surface area contributed by atoms with Crippen LogP contribution in [0.1, 0.15) is 6.42 Å². The van der Waals surface area contributed by atoms with E-state index in [1.807, 2.05) is 11.9 Å². The summed E-state index contributed by atoms with van der Waals surface area (Å²) in [4.78, 5) is 1.96. The van der Waals surface area contributed by atoms with E-state index >= 15 is 0 Å². The first-order valence-electron chi connectivity index (χ1n) is 4.98. The molecule has 0 spiro atoms. The summed E-state index contributed by atoms with van der Waals surface area (Å²) in [5, 5.41) is 9.29. The number of nitrogens with zero attached hydrogens (tertiary/aromatic N) is 1. The molecule has 0 aromatic heterocycles. The van der Waals surface area contributed by atoms with E-state index in [4.69, 9.17) is 5.73 Å². The van der Waals surface area contributed by atoms with E-state index in [1.165, 1.54) is 12.1 Å². The average molecular weight is 212 g/mol. The third kappa shape index (κ3) is 3.85. The van der Waals surface area contributed by atoms with Gasteiger partial charge < -0.3 is 15.7 Å². The summed E-state index contributed by atoms with van der Waals surface area (Å²) in [6.45, 7) is 0.973. The van der Waals surface area contributed by atoms with Crippen molar-refractivity contribution >= 4 is 5.69 Å². The molecular weight excluding hydrogens is 195 g/mol. The van der Waals surface area contributed by atoms with Crippen LogP contribution in [0.15, 0.2) is 24.3 Å². The fourth-order valence-corrected chi connectivity index (χ4v) is 1.29. The molecule has 4 heteroatoms. The first kappa shape index (κ1) is 11.9. The van der Waals surface area contributed by atoms with Crippen LogP contribution in [0.3, 0.4) is 0 Å². The molecule has 0 aliphatic rings. The van der Waals surface area contributed by atoms with Crippen molar-refractivity contribution in [1.82, 2.24) is 0 Å². The van der Waals surface area contributed by atoms with Crippen LogP contribution in [-0.2, 0) is 0 Å². The Kier molecular flexibility index (Phi) is 4.52. The summed E-state index contributed by atoms with van der Waals surface area (Å²) in [5.74, 6) is -0.242. The first-order valence-corrected chi connectivity index (χ1v) is 4.98. The van der Waals surface area contributed by atoms with Gasteiger partial charge in [0.1, 0.15) is 5.82 Å². The number of benzene rings is 1. The lowest BCUT2D eigenvalue weighted by atomic mass is 10.2. The van der Waals surface area contributed by atoms with Crippen LogP contribution in [0.4, 0.5) is 10.1 Å². The summed E-state index contributed by atoms with van der Waals surface area (Å²) < 4.78 is 12.6. The molecule has 84 valence electrons. The number of halogens is 1. The van der Waals surface area contributed by atoms with Crippen LogP contribution < -0.4 is 10.6 Å². The summed E-state index contributed by atoms with van der Waals surface area (Å²) >= 11 is 0. The molecule has 1 aromatic carbocycles. The molecule has 1 atom stereocenters. The highest BCUT2D eigenvalue weighted by Gasteiger charge is 2.05. The molecule has 15 heavy (non-hydrogen) atoms. The highest BCUT2D eigenvalue weighted by Crippen LogP contribution is 2.13. The van der Waals surface area contributed by atoms with Crippen LogP contribution in [-0.4, -0.2) is 31.3 Å². The number of aliphatic hydroxyl groups is 1. The highest BCUT2D eigenvalue weighted by atomic mass is 19.1. The standard InChI is InChI=1S/C11H17FN2O/c1-14(7-6-11(15)8-13)10-4-2-9(12)3-5-10/h2-5,11,15H,6-8,13H2,1H3. The van der Waals surface area contributed by atoms with Crippen molar-refractivity contribution < 1.29 is 9.50 Å². The van der Waals surface area contributed by atoms with Gasteiger partial charge in [-0.2, -0.15) is 0 Å². The maximum absolute atomic E-state index is 12.6. The Morgan fingerprint density at radius 1 is 1.40 bits per heavy atom. The predicted octanol–water partition coefficient (Wildman–Crippen LogP) is 0.972. The van der Waals surface area contributed by atoms with Gasteiger partial charge in [0.05, 0.1) is 6.10 Å². The topological polar surface area (TPSA) is 49.5 Å². The lowest BCUT2D eigenvalue weighted by molar-refractivity contribution is 0.175. The van der Waals surface area contributed by atoms with E-state index in [9.17, 15) is 9.50 Å². The zero-order valence-corrected chi connectivity index (χ0v) is 8.86. The largest absolute Gasteiger partial charge is 0.392 e. The molecule has 0 fully saturated rings. The monoisotopic (exact) mass is 212 g/mol. The smallest absolute Gasteiger partial charge is 0.123 e. The zero-order valence-electron chi connectivity index (χ0n) is 8.86. The van der Waals surface area contributed by atoms with Gasteiger partial charge in [-0.3, -0.25) is 0 Å². The van der Waals surface area contributed by atoms with Crippen molar-refractivity contribution in [2.24, 2.45) is 5.73 Å². The van der Waals surface area contributed by atoms with Gasteiger partial charge in [-0.25, -0.2) is 4.39 Å². The van der Waals surface area contributed by atoms with Crippen molar-refractivity contribution in [2.45, 2.75) is 12.5 Å². The van der Waals surface area contributed by atoms with Crippen molar-refractivity contribution in [3.8, 4) is 0 Å². The molecule has 0 aliphatic heterocycles. The van der Waals surface area contributed by atoms with Gasteiger partial charge in [-0.05, 0) is 30.7 Å². The number of hydrogen-bond acceptors (Lipinski definition) is 3. The SMILES string of the molecule is CN(CCC(O)CN)c1ccc(F)cc1. The Morgan fingerprint density at radius 2 is 2.00 bits per heavy atom. The van der Waals surface area contributed by atoms with Gasteiger partial charge in [-0.15, -0.1) is 0 Å². The maximum atomic E-state index is 12.6. The van der Waals surface area contributed by atoms with Crippen LogP contribution in [0.25, 0.3) is 0 Å². The summed E-state index contributed by atoms with van der Waals surface area (Å²) in [5.41, 5.74) is 6.23. The van der Waals surface area contributed by atoms with Crippen LogP contribution in [0, 0.1) is 5.82 Å². The predicted molar refractivity (Wildman–Crippen MR) is 59.3 cm³/mol. The number of anilines is 1. The lowest BCUT2D eigenvalue weighted by Crippen LogP contribution is -2.27. The molecule has 3 N–H and O–H groups in total. The molecule has 0 aliphatic carbocycles. The Bertz CT molecular complexity index is 289. The Labute approximate surface area is 89.3 Å². The van der Waals surface area contributed by atoms with E-state index in [1.54, 1.807) is 12.1 Å². The van der Waals surface area contributed by atoms with Crippen LogP contribution >= 0.6 is 0 Å². The summed E-state index contributed by atoms with van der Waals surface area (Å²) in [6, 6.07) is 6.27. The van der Waals surface area contributed by atoms with Gasteiger partial charge in [0, 0.05) is 25.8 Å². The first-order chi connectivity index (χ1) is 7.13. The van der Waals surface area contributed by atoms with Gasteiger partial charge in [0.2, 0.25) is 0 Å². The quantitative estimate of drug-likeness (QED) is 0.764. The van der Waals surface area contributed by atoms with E-state index in [2.05, 4.69) is 0 Å². The number of rotatable bonds is 5. The number of hydrogen-bond donors (Lipinski definition) is 2. The molecule has 0 bridgehead atoms. The fraction of sp³-hybridized carbons (Fsp3) is 0.455. The number of nitrogens with two attached hydrogens (primary N) is 1. The van der Waals surface area contributed by atoms with Crippen LogP contribution in [0.5, 0.6) is 0 Å². The fourth-order valence-electron chi connectivity index (χ4n) is 1.29. The molecule has 3 nitrogen and oxygen atoms in total. The van der Waals surface area contributed by atoms with E-state index in [0.717, 1.165) is 5.69 Å². The van der Waals surface area contributed by atoms with Crippen molar-refractivity contribution in [1.29, 1.82) is 0 Å². The molecule has 0 amide bonds. The minimum Gasteiger partial charge on any atom is -0.392 e. The number of aliphatic hydroxyl groups excluding tert-OH is 1.